The lowest BCUT2D eigenvalue weighted by atomic mass is 9.76. The SMILES string of the molecule is OC1(c2ccc(F)c(F)c2F)CCc2ccccc2C1. The minimum atomic E-state index is -1.53. The lowest BCUT2D eigenvalue weighted by Gasteiger charge is -2.34. The minimum absolute atomic E-state index is 0.175. The summed E-state index contributed by atoms with van der Waals surface area (Å²) in [5, 5.41) is 10.7. The summed E-state index contributed by atoms with van der Waals surface area (Å²) in [7, 11) is 0. The molecule has 4 heteroatoms. The highest BCUT2D eigenvalue weighted by atomic mass is 19.2. The highest BCUT2D eigenvalue weighted by molar-refractivity contribution is 5.36. The van der Waals surface area contributed by atoms with E-state index in [1.165, 1.54) is 0 Å². The van der Waals surface area contributed by atoms with Crippen LogP contribution < -0.4 is 0 Å². The molecule has 0 amide bonds. The maximum atomic E-state index is 13.9. The van der Waals surface area contributed by atoms with Crippen molar-refractivity contribution in [3.8, 4) is 0 Å². The van der Waals surface area contributed by atoms with Gasteiger partial charge in [-0.2, -0.15) is 0 Å². The van der Waals surface area contributed by atoms with Crippen LogP contribution in [0.3, 0.4) is 0 Å². The van der Waals surface area contributed by atoms with Crippen LogP contribution in [0.5, 0.6) is 0 Å². The van der Waals surface area contributed by atoms with Gasteiger partial charge < -0.3 is 5.11 Å². The van der Waals surface area contributed by atoms with E-state index in [1.54, 1.807) is 0 Å². The molecule has 0 heterocycles. The first kappa shape index (κ1) is 13.2. The Morgan fingerprint density at radius 3 is 2.35 bits per heavy atom. The molecule has 1 unspecified atom stereocenters. The molecule has 0 saturated carbocycles. The highest BCUT2D eigenvalue weighted by Gasteiger charge is 2.37. The Balaban J connectivity index is 2.05. The average Bonchev–Trinajstić information content (AvgIpc) is 2.44. The normalized spacial score (nSPS) is 21.6. The van der Waals surface area contributed by atoms with Crippen molar-refractivity contribution in [1.29, 1.82) is 0 Å². The summed E-state index contributed by atoms with van der Waals surface area (Å²) in [6, 6.07) is 9.54. The van der Waals surface area contributed by atoms with E-state index in [1.807, 2.05) is 24.3 Å². The van der Waals surface area contributed by atoms with Gasteiger partial charge in [0.05, 0.1) is 5.60 Å². The van der Waals surface area contributed by atoms with Gasteiger partial charge in [-0.25, -0.2) is 13.2 Å². The summed E-state index contributed by atoms with van der Waals surface area (Å²) in [6.07, 6.45) is 1.06. The molecule has 0 radical (unpaired) electrons. The van der Waals surface area contributed by atoms with E-state index in [4.69, 9.17) is 0 Å². The molecule has 1 nitrogen and oxygen atoms in total. The first-order chi connectivity index (χ1) is 9.51. The van der Waals surface area contributed by atoms with Gasteiger partial charge >= 0.3 is 0 Å². The van der Waals surface area contributed by atoms with Crippen molar-refractivity contribution in [2.24, 2.45) is 0 Å². The second-order valence-electron chi connectivity index (χ2n) is 5.20. The lowest BCUT2D eigenvalue weighted by molar-refractivity contribution is 0.0180. The Labute approximate surface area is 114 Å². The van der Waals surface area contributed by atoms with E-state index in [-0.39, 0.29) is 18.4 Å². The first-order valence-corrected chi connectivity index (χ1v) is 6.44. The van der Waals surface area contributed by atoms with Crippen molar-refractivity contribution >= 4 is 0 Å². The Hall–Kier alpha value is -1.81. The lowest BCUT2D eigenvalue weighted by Crippen LogP contribution is -2.34. The first-order valence-electron chi connectivity index (χ1n) is 6.44. The van der Waals surface area contributed by atoms with Gasteiger partial charge in [-0.15, -0.1) is 0 Å². The second kappa shape index (κ2) is 4.63. The van der Waals surface area contributed by atoms with Crippen LogP contribution >= 0.6 is 0 Å². The van der Waals surface area contributed by atoms with E-state index in [9.17, 15) is 18.3 Å². The smallest absolute Gasteiger partial charge is 0.194 e. The summed E-state index contributed by atoms with van der Waals surface area (Å²) in [4.78, 5) is 0. The zero-order chi connectivity index (χ0) is 14.3. The predicted octanol–water partition coefficient (Wildman–Crippen LogP) is 3.48. The molecule has 0 saturated heterocycles. The molecule has 2 aromatic rings. The fourth-order valence-corrected chi connectivity index (χ4v) is 2.83. The van der Waals surface area contributed by atoms with Gasteiger partial charge in [-0.1, -0.05) is 30.3 Å². The molecule has 0 aliphatic heterocycles. The molecule has 2 aromatic carbocycles. The second-order valence-corrected chi connectivity index (χ2v) is 5.20. The van der Waals surface area contributed by atoms with Crippen molar-refractivity contribution in [2.75, 3.05) is 0 Å². The van der Waals surface area contributed by atoms with Crippen molar-refractivity contribution in [1.82, 2.24) is 0 Å². The summed E-state index contributed by atoms with van der Waals surface area (Å²) < 4.78 is 40.2. The zero-order valence-electron chi connectivity index (χ0n) is 10.7. The molecular formula is C16H13F3O. The Morgan fingerprint density at radius 2 is 1.60 bits per heavy atom. The van der Waals surface area contributed by atoms with Gasteiger partial charge in [0.2, 0.25) is 0 Å². The number of hydrogen-bond acceptors (Lipinski definition) is 1. The molecule has 1 atom stereocenters. The third kappa shape index (κ3) is 2.00. The molecular weight excluding hydrogens is 265 g/mol. The van der Waals surface area contributed by atoms with Crippen LogP contribution in [0.2, 0.25) is 0 Å². The zero-order valence-corrected chi connectivity index (χ0v) is 10.7. The number of fused-ring (bicyclic) bond motifs is 1. The molecule has 1 aliphatic carbocycles. The fraction of sp³-hybridized carbons (Fsp3) is 0.250. The van der Waals surface area contributed by atoms with Crippen LogP contribution in [-0.4, -0.2) is 5.11 Å². The van der Waals surface area contributed by atoms with Gasteiger partial charge in [0, 0.05) is 12.0 Å². The number of hydrogen-bond donors (Lipinski definition) is 1. The van der Waals surface area contributed by atoms with Crippen LogP contribution in [0.1, 0.15) is 23.1 Å². The van der Waals surface area contributed by atoms with Crippen LogP contribution in [-0.2, 0) is 18.4 Å². The highest BCUT2D eigenvalue weighted by Crippen LogP contribution is 2.38. The number of halogens is 3. The maximum Gasteiger partial charge on any atom is 0.194 e. The number of benzene rings is 2. The third-order valence-corrected chi connectivity index (χ3v) is 3.95. The van der Waals surface area contributed by atoms with Crippen molar-refractivity contribution in [3.05, 3.63) is 70.5 Å². The van der Waals surface area contributed by atoms with Crippen molar-refractivity contribution in [2.45, 2.75) is 24.9 Å². The van der Waals surface area contributed by atoms with Crippen LogP contribution in [0.4, 0.5) is 13.2 Å². The van der Waals surface area contributed by atoms with E-state index in [0.29, 0.717) is 6.42 Å². The van der Waals surface area contributed by atoms with Crippen LogP contribution in [0.15, 0.2) is 36.4 Å². The minimum Gasteiger partial charge on any atom is -0.385 e. The predicted molar refractivity (Wildman–Crippen MR) is 68.7 cm³/mol. The van der Waals surface area contributed by atoms with E-state index in [2.05, 4.69) is 0 Å². The summed E-state index contributed by atoms with van der Waals surface area (Å²) in [6.45, 7) is 0. The average molecular weight is 278 g/mol. The quantitative estimate of drug-likeness (QED) is 0.792. The Morgan fingerprint density at radius 1 is 0.900 bits per heavy atom. The van der Waals surface area contributed by atoms with Gasteiger partial charge in [0.15, 0.2) is 17.5 Å². The monoisotopic (exact) mass is 278 g/mol. The summed E-state index contributed by atoms with van der Waals surface area (Å²) in [5.74, 6) is -4.08. The van der Waals surface area contributed by atoms with Crippen molar-refractivity contribution in [3.63, 3.8) is 0 Å². The topological polar surface area (TPSA) is 20.2 Å². The van der Waals surface area contributed by atoms with Crippen LogP contribution in [0.25, 0.3) is 0 Å². The fourth-order valence-electron chi connectivity index (χ4n) is 2.83. The Bertz CT molecular complexity index is 669. The van der Waals surface area contributed by atoms with Gasteiger partial charge in [-0.05, 0) is 30.0 Å². The van der Waals surface area contributed by atoms with Gasteiger partial charge in [0.1, 0.15) is 0 Å². The van der Waals surface area contributed by atoms with E-state index < -0.39 is 23.1 Å². The Kier molecular flexibility index (Phi) is 3.05. The molecule has 0 spiro atoms. The molecule has 0 bridgehead atoms. The molecule has 3 rings (SSSR count). The van der Waals surface area contributed by atoms with E-state index >= 15 is 0 Å². The van der Waals surface area contributed by atoms with E-state index in [0.717, 1.165) is 23.3 Å². The largest absolute Gasteiger partial charge is 0.385 e. The summed E-state index contributed by atoms with van der Waals surface area (Å²) >= 11 is 0. The molecule has 1 N–H and O–H groups in total. The van der Waals surface area contributed by atoms with Gasteiger partial charge in [0.25, 0.3) is 0 Å². The van der Waals surface area contributed by atoms with Gasteiger partial charge in [-0.3, -0.25) is 0 Å². The summed E-state index contributed by atoms with van der Waals surface area (Å²) in [5.41, 5.74) is 0.337. The molecule has 0 aromatic heterocycles. The van der Waals surface area contributed by atoms with Crippen molar-refractivity contribution < 1.29 is 18.3 Å². The maximum absolute atomic E-state index is 13.9. The number of aryl methyl sites for hydroxylation is 1. The standard InChI is InChI=1S/C16H13F3O/c17-13-6-5-12(14(18)15(13)19)16(20)8-7-10-3-1-2-4-11(10)9-16/h1-6,20H,7-9H2. The number of aliphatic hydroxyl groups is 1. The molecule has 104 valence electrons. The third-order valence-electron chi connectivity index (χ3n) is 3.95. The van der Waals surface area contributed by atoms with Crippen LogP contribution in [0, 0.1) is 17.5 Å². The molecule has 20 heavy (non-hydrogen) atoms. The molecule has 1 aliphatic rings. The molecule has 0 fully saturated rings. The number of rotatable bonds is 1.